The molecule has 0 aromatic heterocycles. The predicted octanol–water partition coefficient (Wildman–Crippen LogP) is 3.41. The van der Waals surface area contributed by atoms with E-state index >= 15 is 0 Å². The van der Waals surface area contributed by atoms with E-state index in [0.29, 0.717) is 22.6 Å². The van der Waals surface area contributed by atoms with Crippen LogP contribution in [0.4, 0.5) is 5.69 Å². The Morgan fingerprint density at radius 1 is 1.21 bits per heavy atom. The fraction of sp³-hybridized carbons (Fsp3) is 0.238. The molecular weight excluding hydrogens is 408 g/mol. The molecule has 2 heterocycles. The van der Waals surface area contributed by atoms with Gasteiger partial charge in [-0.05, 0) is 43.2 Å². The van der Waals surface area contributed by atoms with Crippen molar-refractivity contribution in [3.63, 3.8) is 0 Å². The highest BCUT2D eigenvalue weighted by Crippen LogP contribution is 2.33. The quantitative estimate of drug-likeness (QED) is 0.796. The zero-order valence-electron chi connectivity index (χ0n) is 15.8. The summed E-state index contributed by atoms with van der Waals surface area (Å²) in [4.78, 5) is 35.4. The molecular formula is C21H19ClN4O2S. The molecule has 1 atom stereocenters. The molecule has 0 unspecified atom stereocenters. The van der Waals surface area contributed by atoms with Crippen molar-refractivity contribution in [2.45, 2.75) is 19.4 Å². The Morgan fingerprint density at radius 3 is 2.76 bits per heavy atom. The first kappa shape index (κ1) is 19.7. The third-order valence-electron chi connectivity index (χ3n) is 4.64. The molecule has 0 fully saturated rings. The van der Waals surface area contributed by atoms with Crippen LogP contribution in [0.15, 0.2) is 58.5 Å². The van der Waals surface area contributed by atoms with Gasteiger partial charge in [0, 0.05) is 17.1 Å². The number of amides is 2. The van der Waals surface area contributed by atoms with E-state index in [-0.39, 0.29) is 17.6 Å². The minimum Gasteiger partial charge on any atom is -0.355 e. The summed E-state index contributed by atoms with van der Waals surface area (Å²) in [6.07, 6.45) is 0.723. The van der Waals surface area contributed by atoms with Crippen LogP contribution in [0.5, 0.6) is 0 Å². The lowest BCUT2D eigenvalue weighted by atomic mass is 10.1. The van der Waals surface area contributed by atoms with Gasteiger partial charge in [-0.15, -0.1) is 0 Å². The molecule has 0 saturated heterocycles. The Kier molecular flexibility index (Phi) is 5.69. The average Bonchev–Trinajstić information content (AvgIpc) is 3.03. The zero-order chi connectivity index (χ0) is 20.4. The number of nitrogens with one attached hydrogen (secondary N) is 1. The van der Waals surface area contributed by atoms with E-state index < -0.39 is 6.04 Å². The van der Waals surface area contributed by atoms with Crippen molar-refractivity contribution >= 4 is 51.9 Å². The Balaban J connectivity index is 1.38. The number of hydrogen-bond donors (Lipinski definition) is 1. The molecule has 6 nitrogen and oxygen atoms in total. The van der Waals surface area contributed by atoms with Gasteiger partial charge in [0.05, 0.1) is 11.4 Å². The monoisotopic (exact) mass is 426 g/mol. The van der Waals surface area contributed by atoms with Crippen LogP contribution in [-0.4, -0.2) is 46.1 Å². The second-order valence-electron chi connectivity index (χ2n) is 6.73. The summed E-state index contributed by atoms with van der Waals surface area (Å²) in [5.74, 6) is 0.555. The summed E-state index contributed by atoms with van der Waals surface area (Å²) >= 11 is 7.12. The summed E-state index contributed by atoms with van der Waals surface area (Å²) in [5.41, 5.74) is 2.70. The van der Waals surface area contributed by atoms with Gasteiger partial charge in [-0.1, -0.05) is 47.6 Å². The van der Waals surface area contributed by atoms with Gasteiger partial charge in [-0.25, -0.2) is 9.89 Å². The molecule has 2 aliphatic rings. The van der Waals surface area contributed by atoms with E-state index in [4.69, 9.17) is 11.6 Å². The minimum atomic E-state index is -0.449. The number of halogens is 1. The predicted molar refractivity (Wildman–Crippen MR) is 117 cm³/mol. The third-order valence-corrected chi connectivity index (χ3v) is 5.83. The second kappa shape index (κ2) is 8.39. The summed E-state index contributed by atoms with van der Waals surface area (Å²) in [5, 5.41) is 4.09. The molecule has 0 radical (unpaired) electrons. The fourth-order valence-electron chi connectivity index (χ4n) is 3.15. The number of aliphatic imine (C=N–C) groups is 2. The first-order chi connectivity index (χ1) is 14.0. The topological polar surface area (TPSA) is 74.1 Å². The lowest BCUT2D eigenvalue weighted by Gasteiger charge is -2.25. The van der Waals surface area contributed by atoms with Crippen molar-refractivity contribution < 1.29 is 9.59 Å². The number of para-hydroxylation sites is 1. The van der Waals surface area contributed by atoms with Gasteiger partial charge in [0.1, 0.15) is 11.9 Å². The maximum Gasteiger partial charge on any atom is 0.258 e. The standard InChI is InChI=1S/C21H19ClN4O2S/c1-13-20(28)26-19(24-13)16-4-2-3-5-17(16)25-21(26)29-12-18(27)23-11-10-14-6-8-15(22)9-7-14/h2-9,13H,10-12H2,1H3,(H,23,27)/t13-/m1/s1. The molecule has 2 aromatic rings. The Morgan fingerprint density at radius 2 is 1.97 bits per heavy atom. The van der Waals surface area contributed by atoms with E-state index in [0.717, 1.165) is 23.2 Å². The number of nitrogens with zero attached hydrogens (tertiary/aromatic N) is 3. The zero-order valence-corrected chi connectivity index (χ0v) is 17.3. The van der Waals surface area contributed by atoms with Crippen molar-refractivity contribution in [1.29, 1.82) is 0 Å². The van der Waals surface area contributed by atoms with E-state index in [1.165, 1.54) is 16.7 Å². The highest BCUT2D eigenvalue weighted by Gasteiger charge is 2.39. The van der Waals surface area contributed by atoms with E-state index in [1.54, 1.807) is 6.92 Å². The first-order valence-corrected chi connectivity index (χ1v) is 10.6. The van der Waals surface area contributed by atoms with Crippen LogP contribution < -0.4 is 5.32 Å². The van der Waals surface area contributed by atoms with Crippen LogP contribution in [0, 0.1) is 0 Å². The molecule has 4 rings (SSSR count). The molecule has 2 amide bonds. The van der Waals surface area contributed by atoms with Crippen molar-refractivity contribution in [2.75, 3.05) is 12.3 Å². The van der Waals surface area contributed by atoms with Crippen molar-refractivity contribution in [3.05, 3.63) is 64.7 Å². The lowest BCUT2D eigenvalue weighted by Crippen LogP contribution is -2.41. The number of thioether (sulfide) groups is 1. The summed E-state index contributed by atoms with van der Waals surface area (Å²) < 4.78 is 0. The van der Waals surface area contributed by atoms with Crippen LogP contribution in [0.2, 0.25) is 5.02 Å². The van der Waals surface area contributed by atoms with Crippen LogP contribution >= 0.6 is 23.4 Å². The fourth-order valence-corrected chi connectivity index (χ4v) is 4.11. The number of carbonyl (C=O) groups excluding carboxylic acids is 2. The third kappa shape index (κ3) is 4.21. The minimum absolute atomic E-state index is 0.108. The molecule has 2 aliphatic heterocycles. The number of amidine groups is 2. The molecule has 1 N–H and O–H groups in total. The SMILES string of the molecule is C[C@H]1N=C2c3ccccc3N=C(SCC(=O)NCCc3ccc(Cl)cc3)N2C1=O. The molecule has 8 heteroatoms. The van der Waals surface area contributed by atoms with Gasteiger partial charge >= 0.3 is 0 Å². The highest BCUT2D eigenvalue weighted by atomic mass is 35.5. The van der Waals surface area contributed by atoms with Gasteiger partial charge in [0.2, 0.25) is 5.91 Å². The second-order valence-corrected chi connectivity index (χ2v) is 8.11. The van der Waals surface area contributed by atoms with Crippen LogP contribution in [0.1, 0.15) is 18.1 Å². The molecule has 0 bridgehead atoms. The van der Waals surface area contributed by atoms with Gasteiger partial charge in [0.15, 0.2) is 5.17 Å². The Bertz CT molecular complexity index is 1020. The molecule has 0 spiro atoms. The van der Waals surface area contributed by atoms with Crippen LogP contribution in [0.25, 0.3) is 0 Å². The molecule has 0 saturated carbocycles. The molecule has 0 aliphatic carbocycles. The van der Waals surface area contributed by atoms with Crippen molar-refractivity contribution in [3.8, 4) is 0 Å². The van der Waals surface area contributed by atoms with Crippen molar-refractivity contribution in [1.82, 2.24) is 10.2 Å². The molecule has 148 valence electrons. The average molecular weight is 427 g/mol. The summed E-state index contributed by atoms with van der Waals surface area (Å²) in [6.45, 7) is 2.30. The van der Waals surface area contributed by atoms with Gasteiger partial charge in [0.25, 0.3) is 5.91 Å². The summed E-state index contributed by atoms with van der Waals surface area (Å²) in [7, 11) is 0. The van der Waals surface area contributed by atoms with Crippen LogP contribution in [0.3, 0.4) is 0 Å². The van der Waals surface area contributed by atoms with Crippen LogP contribution in [-0.2, 0) is 16.0 Å². The van der Waals surface area contributed by atoms with Gasteiger partial charge in [-0.2, -0.15) is 0 Å². The first-order valence-electron chi connectivity index (χ1n) is 9.27. The highest BCUT2D eigenvalue weighted by molar-refractivity contribution is 8.14. The lowest BCUT2D eigenvalue weighted by molar-refractivity contribution is -0.124. The van der Waals surface area contributed by atoms with Crippen molar-refractivity contribution in [2.24, 2.45) is 9.98 Å². The van der Waals surface area contributed by atoms with E-state index in [2.05, 4.69) is 15.3 Å². The largest absolute Gasteiger partial charge is 0.355 e. The summed E-state index contributed by atoms with van der Waals surface area (Å²) in [6, 6.07) is 14.7. The smallest absolute Gasteiger partial charge is 0.258 e. The number of fused-ring (bicyclic) bond motifs is 3. The number of carbonyl (C=O) groups is 2. The Hall–Kier alpha value is -2.64. The maximum atomic E-state index is 12.6. The Labute approximate surface area is 178 Å². The normalized spacial score (nSPS) is 17.4. The van der Waals surface area contributed by atoms with Gasteiger partial charge < -0.3 is 5.32 Å². The van der Waals surface area contributed by atoms with E-state index in [9.17, 15) is 9.59 Å². The maximum absolute atomic E-state index is 12.6. The number of hydrogen-bond acceptors (Lipinski definition) is 5. The number of rotatable bonds is 5. The van der Waals surface area contributed by atoms with E-state index in [1.807, 2.05) is 48.5 Å². The molecule has 2 aromatic carbocycles. The van der Waals surface area contributed by atoms with Gasteiger partial charge in [-0.3, -0.25) is 14.6 Å². The number of benzene rings is 2. The molecule has 29 heavy (non-hydrogen) atoms.